The number of aryl methyl sites for hydroxylation is 1. The van der Waals surface area contributed by atoms with E-state index in [9.17, 15) is 4.79 Å². The predicted molar refractivity (Wildman–Crippen MR) is 110 cm³/mol. The Kier molecular flexibility index (Phi) is 5.61. The summed E-state index contributed by atoms with van der Waals surface area (Å²) in [6, 6.07) is 16.7. The fourth-order valence-electron chi connectivity index (χ4n) is 4.15. The third-order valence-corrected chi connectivity index (χ3v) is 6.08. The minimum absolute atomic E-state index is 0.0765. The van der Waals surface area contributed by atoms with Gasteiger partial charge in [0, 0.05) is 6.42 Å². The van der Waals surface area contributed by atoms with Crippen molar-refractivity contribution in [3.8, 4) is 16.9 Å². The smallest absolute Gasteiger partial charge is 0.311 e. The predicted octanol–water partition coefficient (Wildman–Crippen LogP) is 6.43. The average molecular weight is 363 g/mol. The average Bonchev–Trinajstić information content (AvgIpc) is 3.58. The van der Waals surface area contributed by atoms with Gasteiger partial charge in [-0.1, -0.05) is 56.2 Å². The molecule has 0 aromatic heterocycles. The van der Waals surface area contributed by atoms with E-state index in [-0.39, 0.29) is 5.97 Å². The molecule has 2 aromatic carbocycles. The number of esters is 1. The van der Waals surface area contributed by atoms with Crippen LogP contribution in [0.3, 0.4) is 0 Å². The Hall–Kier alpha value is -2.09. The van der Waals surface area contributed by atoms with E-state index in [4.69, 9.17) is 4.74 Å². The van der Waals surface area contributed by atoms with E-state index in [1.54, 1.807) is 0 Å². The normalized spacial score (nSPS) is 21.1. The van der Waals surface area contributed by atoms with Gasteiger partial charge >= 0.3 is 5.97 Å². The minimum atomic E-state index is -0.0765. The number of ether oxygens (including phenoxy) is 1. The molecule has 2 aliphatic carbocycles. The first-order valence-electron chi connectivity index (χ1n) is 10.6. The summed E-state index contributed by atoms with van der Waals surface area (Å²) in [4.78, 5) is 12.1. The largest absolute Gasteiger partial charge is 0.427 e. The van der Waals surface area contributed by atoms with Gasteiger partial charge in [0.15, 0.2) is 0 Å². The van der Waals surface area contributed by atoms with Crippen LogP contribution in [0.5, 0.6) is 5.75 Å². The molecule has 2 atom stereocenters. The van der Waals surface area contributed by atoms with E-state index in [1.165, 1.54) is 49.7 Å². The molecule has 0 aliphatic heterocycles. The van der Waals surface area contributed by atoms with Gasteiger partial charge in [0.1, 0.15) is 5.75 Å². The second-order valence-corrected chi connectivity index (χ2v) is 8.35. The third kappa shape index (κ3) is 5.00. The Morgan fingerprint density at radius 3 is 2.26 bits per heavy atom. The van der Waals surface area contributed by atoms with E-state index in [1.807, 2.05) is 24.3 Å². The van der Waals surface area contributed by atoms with Crippen molar-refractivity contribution in [2.45, 2.75) is 58.3 Å². The van der Waals surface area contributed by atoms with Gasteiger partial charge in [0.2, 0.25) is 0 Å². The van der Waals surface area contributed by atoms with Crippen LogP contribution < -0.4 is 4.74 Å². The molecule has 142 valence electrons. The molecule has 2 heteroatoms. The highest BCUT2D eigenvalue weighted by Crippen LogP contribution is 2.55. The van der Waals surface area contributed by atoms with Crippen molar-refractivity contribution in [2.75, 3.05) is 0 Å². The van der Waals surface area contributed by atoms with Crippen LogP contribution in [0.4, 0.5) is 0 Å². The molecule has 27 heavy (non-hydrogen) atoms. The molecule has 2 aliphatic rings. The first-order chi connectivity index (χ1) is 13.2. The molecule has 2 saturated carbocycles. The zero-order chi connectivity index (χ0) is 18.6. The van der Waals surface area contributed by atoms with Crippen LogP contribution in [0.25, 0.3) is 11.1 Å². The molecule has 0 spiro atoms. The molecule has 0 bridgehead atoms. The zero-order valence-electron chi connectivity index (χ0n) is 16.3. The van der Waals surface area contributed by atoms with Gasteiger partial charge in [0.25, 0.3) is 0 Å². The summed E-state index contributed by atoms with van der Waals surface area (Å²) in [5.74, 6) is 2.89. The summed E-state index contributed by atoms with van der Waals surface area (Å²) < 4.78 is 5.54. The number of carbonyl (C=O) groups excluding carboxylic acids is 1. The van der Waals surface area contributed by atoms with Crippen molar-refractivity contribution in [3.05, 3.63) is 54.1 Å². The van der Waals surface area contributed by atoms with Gasteiger partial charge in [-0.05, 0) is 78.7 Å². The topological polar surface area (TPSA) is 26.3 Å². The lowest BCUT2D eigenvalue weighted by Gasteiger charge is -2.07. The van der Waals surface area contributed by atoms with Crippen molar-refractivity contribution in [3.63, 3.8) is 0 Å². The fourth-order valence-corrected chi connectivity index (χ4v) is 4.15. The monoisotopic (exact) mass is 362 g/mol. The van der Waals surface area contributed by atoms with Gasteiger partial charge in [-0.25, -0.2) is 0 Å². The quantitative estimate of drug-likeness (QED) is 0.292. The summed E-state index contributed by atoms with van der Waals surface area (Å²) in [6.45, 7) is 2.24. The van der Waals surface area contributed by atoms with Crippen LogP contribution in [0, 0.1) is 17.8 Å². The molecule has 0 N–H and O–H groups in total. The van der Waals surface area contributed by atoms with Crippen molar-refractivity contribution in [2.24, 2.45) is 17.8 Å². The molecule has 0 heterocycles. The lowest BCUT2D eigenvalue weighted by Crippen LogP contribution is -2.09. The Labute approximate surface area is 162 Å². The number of hydrogen-bond acceptors (Lipinski definition) is 2. The van der Waals surface area contributed by atoms with Gasteiger partial charge in [-0.3, -0.25) is 4.79 Å². The van der Waals surface area contributed by atoms with E-state index in [0.29, 0.717) is 18.1 Å². The second-order valence-electron chi connectivity index (χ2n) is 8.35. The van der Waals surface area contributed by atoms with Crippen LogP contribution in [0.2, 0.25) is 0 Å². The van der Waals surface area contributed by atoms with Crippen molar-refractivity contribution in [1.82, 2.24) is 0 Å². The number of hydrogen-bond donors (Lipinski definition) is 0. The molecule has 0 unspecified atom stereocenters. The van der Waals surface area contributed by atoms with Gasteiger partial charge in [0.05, 0.1) is 0 Å². The zero-order valence-corrected chi connectivity index (χ0v) is 16.3. The summed E-state index contributed by atoms with van der Waals surface area (Å²) in [5.41, 5.74) is 3.77. The lowest BCUT2D eigenvalue weighted by atomic mass is 10.0. The first-order valence-corrected chi connectivity index (χ1v) is 10.6. The van der Waals surface area contributed by atoms with Gasteiger partial charge in [-0.2, -0.15) is 0 Å². The molecule has 2 nitrogen and oxygen atoms in total. The van der Waals surface area contributed by atoms with Gasteiger partial charge < -0.3 is 4.74 Å². The van der Waals surface area contributed by atoms with E-state index < -0.39 is 0 Å². The first kappa shape index (κ1) is 18.3. The highest BCUT2D eigenvalue weighted by atomic mass is 16.5. The Bertz CT molecular complexity index is 756. The molecule has 0 amide bonds. The molecule has 2 fully saturated rings. The Morgan fingerprint density at radius 2 is 1.63 bits per heavy atom. The maximum atomic E-state index is 12.1. The fraction of sp³-hybridized carbons (Fsp3) is 0.480. The summed E-state index contributed by atoms with van der Waals surface area (Å²) in [5, 5.41) is 0. The standard InChI is InChI=1S/C25H30O2/c1-2-3-4-5-18-6-8-19(9-7-18)20-12-14-23(15-13-20)27-25(26)17-22-16-24(22)21-10-11-21/h6-9,12-15,21-22,24H,2-5,10-11,16-17H2,1H3/t22-,24-/m0/s1. The Morgan fingerprint density at radius 1 is 0.963 bits per heavy atom. The van der Waals surface area contributed by atoms with Gasteiger partial charge in [-0.15, -0.1) is 0 Å². The third-order valence-electron chi connectivity index (χ3n) is 6.08. The van der Waals surface area contributed by atoms with Crippen LogP contribution in [0.1, 0.15) is 57.4 Å². The van der Waals surface area contributed by atoms with Crippen LogP contribution in [-0.2, 0) is 11.2 Å². The molecule has 0 radical (unpaired) electrons. The Balaban J connectivity index is 1.28. The van der Waals surface area contributed by atoms with E-state index >= 15 is 0 Å². The summed E-state index contributed by atoms with van der Waals surface area (Å²) in [7, 11) is 0. The molecular formula is C25H30O2. The maximum Gasteiger partial charge on any atom is 0.311 e. The number of rotatable bonds is 9. The summed E-state index contributed by atoms with van der Waals surface area (Å²) in [6.07, 6.45) is 9.54. The lowest BCUT2D eigenvalue weighted by molar-refractivity contribution is -0.134. The van der Waals surface area contributed by atoms with E-state index in [2.05, 4.69) is 31.2 Å². The van der Waals surface area contributed by atoms with Crippen molar-refractivity contribution < 1.29 is 9.53 Å². The van der Waals surface area contributed by atoms with Crippen molar-refractivity contribution >= 4 is 5.97 Å². The highest BCUT2D eigenvalue weighted by molar-refractivity contribution is 5.73. The molecule has 4 rings (SSSR count). The van der Waals surface area contributed by atoms with Crippen LogP contribution in [0.15, 0.2) is 48.5 Å². The summed E-state index contributed by atoms with van der Waals surface area (Å²) >= 11 is 0. The van der Waals surface area contributed by atoms with Crippen LogP contribution in [-0.4, -0.2) is 5.97 Å². The maximum absolute atomic E-state index is 12.1. The molecule has 2 aromatic rings. The van der Waals surface area contributed by atoms with E-state index in [0.717, 1.165) is 23.8 Å². The number of carbonyl (C=O) groups is 1. The van der Waals surface area contributed by atoms with Crippen LogP contribution >= 0.6 is 0 Å². The van der Waals surface area contributed by atoms with Crippen molar-refractivity contribution in [1.29, 1.82) is 0 Å². The highest BCUT2D eigenvalue weighted by Gasteiger charge is 2.48. The molecular weight excluding hydrogens is 332 g/mol. The minimum Gasteiger partial charge on any atom is -0.427 e. The number of benzene rings is 2. The molecule has 0 saturated heterocycles. The second kappa shape index (κ2) is 8.29. The SMILES string of the molecule is CCCCCc1ccc(-c2ccc(OC(=O)C[C@@H]3C[C@H]3C3CC3)cc2)cc1. The number of unbranched alkanes of at least 4 members (excludes halogenated alkanes) is 2.